The minimum absolute atomic E-state index is 0.229. The van der Waals surface area contributed by atoms with Crippen LogP contribution in [0.3, 0.4) is 0 Å². The monoisotopic (exact) mass is 718 g/mol. The molecule has 0 aliphatic heterocycles. The smallest absolute Gasteiger partial charge is 0.179 e. The second-order valence-electron chi connectivity index (χ2n) is 19.3. The molecule has 0 atom stereocenters. The number of benzene rings is 2. The molecule has 6 heteroatoms. The van der Waals surface area contributed by atoms with Crippen molar-refractivity contribution in [2.24, 2.45) is 35.5 Å². The Morgan fingerprint density at radius 3 is 1.32 bits per heavy atom. The van der Waals surface area contributed by atoms with Gasteiger partial charge in [0.05, 0.1) is 14.2 Å². The van der Waals surface area contributed by atoms with Gasteiger partial charge < -0.3 is 9.47 Å². The van der Waals surface area contributed by atoms with E-state index in [4.69, 9.17) is 9.47 Å². The third-order valence-electron chi connectivity index (χ3n) is 14.6. The Morgan fingerprint density at radius 2 is 1.02 bits per heavy atom. The molecule has 10 rings (SSSR count). The Labute approximate surface area is 304 Å². The highest BCUT2D eigenvalue weighted by molar-refractivity contribution is 7.90. The summed E-state index contributed by atoms with van der Waals surface area (Å²) >= 11 is 0. The molecule has 8 aliphatic carbocycles. The van der Waals surface area contributed by atoms with Gasteiger partial charge in [0.25, 0.3) is 0 Å². The van der Waals surface area contributed by atoms with Gasteiger partial charge in [0.1, 0.15) is 16.4 Å². The Bertz CT molecular complexity index is 1630. The highest BCUT2D eigenvalue weighted by Crippen LogP contribution is 2.79. The zero-order valence-corrected chi connectivity index (χ0v) is 34.1. The van der Waals surface area contributed by atoms with Crippen LogP contribution in [0.1, 0.15) is 153 Å². The van der Waals surface area contributed by atoms with Gasteiger partial charge in [0.2, 0.25) is 0 Å². The van der Waals surface area contributed by atoms with Crippen LogP contribution in [-0.4, -0.2) is 39.2 Å². The van der Waals surface area contributed by atoms with Crippen LogP contribution in [0.15, 0.2) is 23.1 Å². The van der Waals surface area contributed by atoms with Crippen molar-refractivity contribution in [3.8, 4) is 22.6 Å². The fraction of sp³-hybridized carbons (Fsp3) is 0.727. The van der Waals surface area contributed by atoms with E-state index in [0.29, 0.717) is 28.4 Å². The standard InChI is InChI=1S/C44H63O4PS/c1-25(2)34-16-35(26(3)4)39(36(17-34)27(5)6)40-37(47-7)18-38(50(9,45)46)41(48-8)42(40)49(43-19-28-10-29(20-43)12-30(11-28)21-43)44-22-31-13-32(23-44)15-33(14-31)24-44/h16-18,25-33H,10-15,19-24H2,1-9H3. The van der Waals surface area contributed by atoms with Crippen molar-refractivity contribution in [3.05, 3.63) is 34.9 Å². The number of ether oxygens (including phenoxy) is 2. The molecule has 50 heavy (non-hydrogen) atoms. The molecule has 8 bridgehead atoms. The first-order chi connectivity index (χ1) is 23.6. The van der Waals surface area contributed by atoms with E-state index in [1.54, 1.807) is 14.2 Å². The Balaban J connectivity index is 1.52. The molecule has 0 N–H and O–H groups in total. The van der Waals surface area contributed by atoms with Gasteiger partial charge in [-0.3, -0.25) is 0 Å². The lowest BCUT2D eigenvalue weighted by atomic mass is 9.55. The third kappa shape index (κ3) is 5.63. The molecule has 8 saturated carbocycles. The maximum atomic E-state index is 13.9. The van der Waals surface area contributed by atoms with E-state index < -0.39 is 17.8 Å². The number of sulfone groups is 1. The molecular formula is C44H63O4PS. The fourth-order valence-corrected chi connectivity index (χ4v) is 20.0. The Hall–Kier alpha value is -1.58. The van der Waals surface area contributed by atoms with Gasteiger partial charge in [0.15, 0.2) is 9.84 Å². The second-order valence-corrected chi connectivity index (χ2v) is 24.3. The molecule has 0 amide bonds. The van der Waals surface area contributed by atoms with Crippen LogP contribution in [0.25, 0.3) is 11.1 Å². The zero-order valence-electron chi connectivity index (χ0n) is 32.4. The zero-order chi connectivity index (χ0) is 35.5. The first-order valence-electron chi connectivity index (χ1n) is 20.1. The van der Waals surface area contributed by atoms with Gasteiger partial charge in [0, 0.05) is 23.2 Å². The maximum Gasteiger partial charge on any atom is 0.179 e. The van der Waals surface area contributed by atoms with Crippen molar-refractivity contribution in [3.63, 3.8) is 0 Å². The highest BCUT2D eigenvalue weighted by atomic mass is 32.2. The lowest BCUT2D eigenvalue weighted by Gasteiger charge is -2.67. The van der Waals surface area contributed by atoms with Crippen molar-refractivity contribution in [2.75, 3.05) is 20.5 Å². The van der Waals surface area contributed by atoms with Crippen LogP contribution in [0, 0.1) is 35.5 Å². The first-order valence-corrected chi connectivity index (χ1v) is 23.4. The molecule has 2 aromatic rings. The number of methoxy groups -OCH3 is 2. The van der Waals surface area contributed by atoms with Gasteiger partial charge in [-0.25, -0.2) is 8.42 Å². The van der Waals surface area contributed by atoms with Crippen LogP contribution < -0.4 is 14.8 Å². The van der Waals surface area contributed by atoms with Gasteiger partial charge in [-0.2, -0.15) is 0 Å². The van der Waals surface area contributed by atoms with E-state index >= 15 is 0 Å². The predicted octanol–water partition coefficient (Wildman–Crippen LogP) is 11.2. The number of hydrogen-bond donors (Lipinski definition) is 0. The van der Waals surface area contributed by atoms with Crippen LogP contribution in [0.5, 0.6) is 11.5 Å². The van der Waals surface area contributed by atoms with Crippen molar-refractivity contribution >= 4 is 23.1 Å². The van der Waals surface area contributed by atoms with Crippen LogP contribution >= 0.6 is 7.92 Å². The molecule has 0 radical (unpaired) electrons. The van der Waals surface area contributed by atoms with Gasteiger partial charge in [-0.15, -0.1) is 0 Å². The van der Waals surface area contributed by atoms with E-state index in [1.807, 2.05) is 6.07 Å². The average molecular weight is 719 g/mol. The first kappa shape index (κ1) is 35.4. The van der Waals surface area contributed by atoms with Gasteiger partial charge in [-0.05, 0) is 163 Å². The number of rotatable bonds is 10. The summed E-state index contributed by atoms with van der Waals surface area (Å²) in [6.07, 6.45) is 17.7. The van der Waals surface area contributed by atoms with E-state index in [1.165, 1.54) is 116 Å². The van der Waals surface area contributed by atoms with Crippen LogP contribution in [0.2, 0.25) is 0 Å². The molecule has 0 heterocycles. The van der Waals surface area contributed by atoms with E-state index in [2.05, 4.69) is 53.7 Å². The lowest BCUT2D eigenvalue weighted by molar-refractivity contribution is 0.0195. The predicted molar refractivity (Wildman–Crippen MR) is 209 cm³/mol. The van der Waals surface area contributed by atoms with Gasteiger partial charge in [-0.1, -0.05) is 61.6 Å². The summed E-state index contributed by atoms with van der Waals surface area (Å²) in [5.74, 6) is 7.29. The molecule has 2 aromatic carbocycles. The number of hydrogen-bond acceptors (Lipinski definition) is 4. The van der Waals surface area contributed by atoms with Crippen LogP contribution in [-0.2, 0) is 9.84 Å². The summed E-state index contributed by atoms with van der Waals surface area (Å²) in [4.78, 5) is 0.327. The van der Waals surface area contributed by atoms with Crippen LogP contribution in [0.4, 0.5) is 0 Å². The maximum absolute atomic E-state index is 13.9. The van der Waals surface area contributed by atoms with Crippen molar-refractivity contribution in [1.29, 1.82) is 0 Å². The molecule has 8 aliphatic rings. The second kappa shape index (κ2) is 12.5. The third-order valence-corrected chi connectivity index (χ3v) is 19.5. The Morgan fingerprint density at radius 1 is 0.620 bits per heavy atom. The van der Waals surface area contributed by atoms with Crippen molar-refractivity contribution < 1.29 is 17.9 Å². The summed E-state index contributed by atoms with van der Waals surface area (Å²) in [5, 5.41) is 1.73. The highest BCUT2D eigenvalue weighted by Gasteiger charge is 2.64. The minimum Gasteiger partial charge on any atom is -0.496 e. The summed E-state index contributed by atoms with van der Waals surface area (Å²) in [7, 11) is -0.899. The van der Waals surface area contributed by atoms with Crippen molar-refractivity contribution in [1.82, 2.24) is 0 Å². The molecule has 0 spiro atoms. The molecule has 4 nitrogen and oxygen atoms in total. The minimum atomic E-state index is -3.61. The Kier molecular flexibility index (Phi) is 8.86. The normalized spacial score (nSPS) is 34.7. The summed E-state index contributed by atoms with van der Waals surface area (Å²) in [5.41, 5.74) is 6.58. The summed E-state index contributed by atoms with van der Waals surface area (Å²) in [6.45, 7) is 14.0. The van der Waals surface area contributed by atoms with E-state index in [0.717, 1.165) is 41.3 Å². The summed E-state index contributed by atoms with van der Waals surface area (Å²) < 4.78 is 41.0. The van der Waals surface area contributed by atoms with E-state index in [9.17, 15) is 8.42 Å². The van der Waals surface area contributed by atoms with E-state index in [-0.39, 0.29) is 10.3 Å². The summed E-state index contributed by atoms with van der Waals surface area (Å²) in [6, 6.07) is 6.77. The fourth-order valence-electron chi connectivity index (χ4n) is 13.6. The van der Waals surface area contributed by atoms with Gasteiger partial charge >= 0.3 is 0 Å². The molecule has 0 saturated heterocycles. The molecule has 0 aromatic heterocycles. The largest absolute Gasteiger partial charge is 0.496 e. The molecular weight excluding hydrogens is 656 g/mol. The lowest BCUT2D eigenvalue weighted by Crippen LogP contribution is -2.58. The molecule has 8 fully saturated rings. The quantitative estimate of drug-likeness (QED) is 0.230. The molecule has 274 valence electrons. The average Bonchev–Trinajstić information content (AvgIpc) is 3.01. The SMILES string of the molecule is COc1cc(S(C)(=O)=O)c(OC)c(P(C23CC4CC(CC(C4)C2)C3)C23CC4CC(CC(C4)C2)C3)c1-c1c(C(C)C)cc(C(C)C)cc1C(C)C. The molecule has 0 unspecified atom stereocenters. The van der Waals surface area contributed by atoms with Crippen molar-refractivity contribution in [2.45, 2.75) is 152 Å². The topological polar surface area (TPSA) is 52.6 Å².